The molecule has 2 aromatic heterocycles. The number of likely N-dealkylation sites (tertiary alicyclic amines) is 1. The van der Waals surface area contributed by atoms with Gasteiger partial charge >= 0.3 is 0 Å². The first-order valence-electron chi connectivity index (χ1n) is 9.09. The number of nitrogens with one attached hydrogen (secondary N) is 1. The topological polar surface area (TPSA) is 75.0 Å². The van der Waals surface area contributed by atoms with Gasteiger partial charge in [0.25, 0.3) is 5.89 Å². The van der Waals surface area contributed by atoms with Gasteiger partial charge in [-0.05, 0) is 41.3 Å². The molecule has 1 unspecified atom stereocenters. The predicted molar refractivity (Wildman–Crippen MR) is 101 cm³/mol. The highest BCUT2D eigenvalue weighted by Gasteiger charge is 2.33. The van der Waals surface area contributed by atoms with Crippen LogP contribution < -0.4 is 0 Å². The van der Waals surface area contributed by atoms with Crippen LogP contribution in [0.4, 0.5) is 4.39 Å². The van der Waals surface area contributed by atoms with Crippen LogP contribution in [-0.4, -0.2) is 32.5 Å². The maximum Gasteiger partial charge on any atom is 0.258 e. The highest BCUT2D eigenvalue weighted by Crippen LogP contribution is 2.30. The van der Waals surface area contributed by atoms with Gasteiger partial charge < -0.3 is 14.4 Å². The van der Waals surface area contributed by atoms with Crippen molar-refractivity contribution in [2.75, 3.05) is 6.54 Å². The normalized spacial score (nSPS) is 17.0. The molecule has 1 saturated heterocycles. The van der Waals surface area contributed by atoms with Gasteiger partial charge in [0.05, 0.1) is 0 Å². The summed E-state index contributed by atoms with van der Waals surface area (Å²) in [5.74, 6) is 0.617. The maximum atomic E-state index is 13.1. The highest BCUT2D eigenvalue weighted by atomic mass is 19.1. The lowest BCUT2D eigenvalue weighted by Crippen LogP contribution is -2.24. The number of carbonyl (C=O) groups excluding carboxylic acids is 1. The second kappa shape index (κ2) is 6.60. The lowest BCUT2D eigenvalue weighted by Gasteiger charge is -2.16. The molecule has 1 aliphatic rings. The molecule has 7 heteroatoms. The molecule has 1 N–H and O–H groups in total. The molecular formula is C21H17FN4O2. The summed E-state index contributed by atoms with van der Waals surface area (Å²) in [6, 6.07) is 14.1. The fraction of sp³-hybridized carbons (Fsp3) is 0.190. The fourth-order valence-corrected chi connectivity index (χ4v) is 3.61. The Bertz CT molecular complexity index is 1150. The summed E-state index contributed by atoms with van der Waals surface area (Å²) in [6.07, 6.45) is 2.23. The van der Waals surface area contributed by atoms with Gasteiger partial charge in [-0.3, -0.25) is 4.79 Å². The Kier molecular flexibility index (Phi) is 3.93. The number of aromatic amines is 1. The largest absolute Gasteiger partial charge is 0.361 e. The molecular weight excluding hydrogens is 359 g/mol. The zero-order valence-electron chi connectivity index (χ0n) is 14.9. The number of amides is 1. The molecule has 6 nitrogen and oxygen atoms in total. The molecule has 1 atom stereocenters. The number of hydrogen-bond donors (Lipinski definition) is 1. The number of halogens is 1. The van der Waals surface area contributed by atoms with Crippen LogP contribution in [0.1, 0.15) is 23.7 Å². The summed E-state index contributed by atoms with van der Waals surface area (Å²) < 4.78 is 18.5. The van der Waals surface area contributed by atoms with Gasteiger partial charge in [-0.2, -0.15) is 4.98 Å². The van der Waals surface area contributed by atoms with Gasteiger partial charge in [0.15, 0.2) is 5.82 Å². The van der Waals surface area contributed by atoms with E-state index in [1.165, 1.54) is 12.1 Å². The van der Waals surface area contributed by atoms with E-state index in [0.717, 1.165) is 22.0 Å². The third kappa shape index (κ3) is 3.05. The molecule has 0 spiro atoms. The summed E-state index contributed by atoms with van der Waals surface area (Å²) in [4.78, 5) is 21.8. The van der Waals surface area contributed by atoms with Crippen molar-refractivity contribution in [2.24, 2.45) is 0 Å². The first-order chi connectivity index (χ1) is 13.7. The molecule has 1 amide bonds. The molecule has 0 aliphatic carbocycles. The van der Waals surface area contributed by atoms with E-state index in [1.807, 2.05) is 30.5 Å². The summed E-state index contributed by atoms with van der Waals surface area (Å²) >= 11 is 0. The Hall–Kier alpha value is -3.48. The number of fused-ring (bicyclic) bond motifs is 1. The number of carbonyl (C=O) groups is 1. The quantitative estimate of drug-likeness (QED) is 0.587. The minimum absolute atomic E-state index is 0.0356. The van der Waals surface area contributed by atoms with Crippen molar-refractivity contribution < 1.29 is 13.7 Å². The Labute approximate surface area is 160 Å². The second-order valence-electron chi connectivity index (χ2n) is 7.04. The zero-order valence-corrected chi connectivity index (χ0v) is 14.9. The van der Waals surface area contributed by atoms with Crippen molar-refractivity contribution in [3.63, 3.8) is 0 Å². The fourth-order valence-electron chi connectivity index (χ4n) is 3.61. The first kappa shape index (κ1) is 16.7. The number of H-pyrrole nitrogens is 1. The standard InChI is InChI=1S/C21H17FN4O2/c22-17-5-1-13(2-6-17)11-26-12-16(10-19(26)27)20-24-21(28-25-20)15-4-3-14-7-8-23-18(14)9-15/h1-9,16,23H,10-12H2. The van der Waals surface area contributed by atoms with E-state index in [0.29, 0.717) is 31.2 Å². The summed E-state index contributed by atoms with van der Waals surface area (Å²) in [5.41, 5.74) is 2.73. The van der Waals surface area contributed by atoms with Gasteiger partial charge in [-0.15, -0.1) is 0 Å². The third-order valence-corrected chi connectivity index (χ3v) is 5.11. The van der Waals surface area contributed by atoms with Crippen LogP contribution in [0.25, 0.3) is 22.4 Å². The Morgan fingerprint density at radius 3 is 2.89 bits per heavy atom. The van der Waals surface area contributed by atoms with Crippen molar-refractivity contribution in [3.8, 4) is 11.5 Å². The minimum atomic E-state index is -0.286. The highest BCUT2D eigenvalue weighted by molar-refractivity contribution is 5.83. The smallest absolute Gasteiger partial charge is 0.258 e. The van der Waals surface area contributed by atoms with Crippen molar-refractivity contribution >= 4 is 16.8 Å². The van der Waals surface area contributed by atoms with Gasteiger partial charge in [0.2, 0.25) is 5.91 Å². The molecule has 0 saturated carbocycles. The van der Waals surface area contributed by atoms with Gasteiger partial charge in [0, 0.05) is 42.7 Å². The Morgan fingerprint density at radius 2 is 2.04 bits per heavy atom. The van der Waals surface area contributed by atoms with Gasteiger partial charge in [-0.1, -0.05) is 23.4 Å². The Morgan fingerprint density at radius 1 is 1.18 bits per heavy atom. The van der Waals surface area contributed by atoms with E-state index < -0.39 is 0 Å². The van der Waals surface area contributed by atoms with Crippen LogP contribution >= 0.6 is 0 Å². The van der Waals surface area contributed by atoms with Crippen molar-refractivity contribution in [1.82, 2.24) is 20.0 Å². The Balaban J connectivity index is 1.33. The maximum absolute atomic E-state index is 13.1. The molecule has 1 aliphatic heterocycles. The molecule has 5 rings (SSSR count). The zero-order chi connectivity index (χ0) is 19.1. The number of hydrogen-bond acceptors (Lipinski definition) is 4. The monoisotopic (exact) mass is 376 g/mol. The molecule has 140 valence electrons. The third-order valence-electron chi connectivity index (χ3n) is 5.11. The summed E-state index contributed by atoms with van der Waals surface area (Å²) in [5, 5.41) is 5.22. The SMILES string of the molecule is O=C1CC(c2noc(-c3ccc4cc[nH]c4c3)n2)CN1Cc1ccc(F)cc1. The second-order valence-corrected chi connectivity index (χ2v) is 7.04. The van der Waals surface area contributed by atoms with Crippen LogP contribution in [0.3, 0.4) is 0 Å². The lowest BCUT2D eigenvalue weighted by molar-refractivity contribution is -0.128. The minimum Gasteiger partial charge on any atom is -0.361 e. The van der Waals surface area contributed by atoms with Crippen LogP contribution in [-0.2, 0) is 11.3 Å². The van der Waals surface area contributed by atoms with E-state index in [-0.39, 0.29) is 17.6 Å². The molecule has 2 aromatic carbocycles. The van der Waals surface area contributed by atoms with Crippen LogP contribution in [0.5, 0.6) is 0 Å². The average molecular weight is 376 g/mol. The van der Waals surface area contributed by atoms with E-state index in [9.17, 15) is 9.18 Å². The summed E-state index contributed by atoms with van der Waals surface area (Å²) in [7, 11) is 0. The molecule has 28 heavy (non-hydrogen) atoms. The van der Waals surface area contributed by atoms with Crippen LogP contribution in [0, 0.1) is 5.82 Å². The van der Waals surface area contributed by atoms with Gasteiger partial charge in [-0.25, -0.2) is 4.39 Å². The molecule has 3 heterocycles. The van der Waals surface area contributed by atoms with Crippen molar-refractivity contribution in [1.29, 1.82) is 0 Å². The van der Waals surface area contributed by atoms with E-state index in [1.54, 1.807) is 17.0 Å². The number of rotatable bonds is 4. The molecule has 0 radical (unpaired) electrons. The van der Waals surface area contributed by atoms with Crippen LogP contribution in [0.2, 0.25) is 0 Å². The summed E-state index contributed by atoms with van der Waals surface area (Å²) in [6.45, 7) is 0.967. The van der Waals surface area contributed by atoms with E-state index >= 15 is 0 Å². The molecule has 0 bridgehead atoms. The average Bonchev–Trinajstić information content (AvgIpc) is 3.43. The van der Waals surface area contributed by atoms with Crippen molar-refractivity contribution in [2.45, 2.75) is 18.9 Å². The molecule has 4 aromatic rings. The van der Waals surface area contributed by atoms with Crippen molar-refractivity contribution in [3.05, 3.63) is 71.9 Å². The van der Waals surface area contributed by atoms with Crippen LogP contribution in [0.15, 0.2) is 59.3 Å². The number of benzene rings is 2. The van der Waals surface area contributed by atoms with Gasteiger partial charge in [0.1, 0.15) is 5.82 Å². The van der Waals surface area contributed by atoms with E-state index in [2.05, 4.69) is 15.1 Å². The predicted octanol–water partition coefficient (Wildman–Crippen LogP) is 3.87. The van der Waals surface area contributed by atoms with E-state index in [4.69, 9.17) is 4.52 Å². The number of nitrogens with zero attached hydrogens (tertiary/aromatic N) is 3. The lowest BCUT2D eigenvalue weighted by atomic mass is 10.1. The first-order valence-corrected chi connectivity index (χ1v) is 9.09. The number of aromatic nitrogens is 3. The molecule has 1 fully saturated rings.